The molecule has 6 nitrogen and oxygen atoms in total. The fourth-order valence-corrected chi connectivity index (χ4v) is 6.73. The van der Waals surface area contributed by atoms with Crippen LogP contribution in [0.5, 0.6) is 5.75 Å². The molecule has 0 radical (unpaired) electrons. The van der Waals surface area contributed by atoms with Gasteiger partial charge in [-0.05, 0) is 61.2 Å². The van der Waals surface area contributed by atoms with Crippen molar-refractivity contribution >= 4 is 44.5 Å². The van der Waals surface area contributed by atoms with Gasteiger partial charge in [0.15, 0.2) is 15.6 Å². The van der Waals surface area contributed by atoms with Gasteiger partial charge < -0.3 is 15.7 Å². The molecule has 1 atom stereocenters. The number of aromatic hydroxyl groups is 1. The highest BCUT2D eigenvalue weighted by Crippen LogP contribution is 2.43. The second-order valence-corrected chi connectivity index (χ2v) is 10.4. The number of rotatable bonds is 4. The van der Waals surface area contributed by atoms with Crippen LogP contribution < -0.4 is 10.6 Å². The van der Waals surface area contributed by atoms with E-state index in [-0.39, 0.29) is 21.6 Å². The third kappa shape index (κ3) is 3.53. The fraction of sp³-hybridized carbons (Fsp3) is 0.389. The van der Waals surface area contributed by atoms with E-state index >= 15 is 0 Å². The maximum atomic E-state index is 12.5. The first-order valence-corrected chi connectivity index (χ1v) is 11.6. The highest BCUT2D eigenvalue weighted by molar-refractivity contribution is 7.92. The van der Waals surface area contributed by atoms with Crippen LogP contribution in [-0.4, -0.2) is 24.8 Å². The minimum Gasteiger partial charge on any atom is -0.504 e. The van der Waals surface area contributed by atoms with Crippen molar-refractivity contribution in [3.8, 4) is 5.75 Å². The molecule has 0 spiro atoms. The Kier molecular flexibility index (Phi) is 4.82. The molecular weight excluding hydrogens is 408 g/mol. The van der Waals surface area contributed by atoms with Gasteiger partial charge >= 0.3 is 6.03 Å². The second-order valence-electron chi connectivity index (χ2n) is 6.87. The van der Waals surface area contributed by atoms with Gasteiger partial charge in [0.05, 0.1) is 22.0 Å². The SMILES string of the molecule is O=C(Nc1ccc(Cl)c(S(=O)(=O)C2CC2)c1O)N[C@H]1CCCc2ccsc21. The lowest BCUT2D eigenvalue weighted by molar-refractivity contribution is 0.247. The van der Waals surface area contributed by atoms with E-state index in [9.17, 15) is 18.3 Å². The van der Waals surface area contributed by atoms with Crippen LogP contribution in [0.25, 0.3) is 0 Å². The van der Waals surface area contributed by atoms with Gasteiger partial charge in [-0.2, -0.15) is 0 Å². The topological polar surface area (TPSA) is 95.5 Å². The molecule has 1 aromatic heterocycles. The molecule has 0 unspecified atom stereocenters. The van der Waals surface area contributed by atoms with Crippen LogP contribution in [0.15, 0.2) is 28.5 Å². The number of aryl methyl sites for hydroxylation is 1. The molecule has 1 saturated carbocycles. The number of fused-ring (bicyclic) bond motifs is 1. The number of urea groups is 1. The average Bonchev–Trinajstić information content (AvgIpc) is 3.36. The summed E-state index contributed by atoms with van der Waals surface area (Å²) in [5.41, 5.74) is 1.28. The van der Waals surface area contributed by atoms with Gasteiger partial charge in [0, 0.05) is 4.88 Å². The number of carbonyl (C=O) groups is 1. The third-order valence-electron chi connectivity index (χ3n) is 4.92. The zero-order valence-electron chi connectivity index (χ0n) is 14.4. The van der Waals surface area contributed by atoms with E-state index in [1.54, 1.807) is 11.3 Å². The molecule has 2 aliphatic carbocycles. The van der Waals surface area contributed by atoms with Crippen LogP contribution in [0.4, 0.5) is 10.5 Å². The Morgan fingerprint density at radius 1 is 1.22 bits per heavy atom. The van der Waals surface area contributed by atoms with Crippen molar-refractivity contribution in [3.63, 3.8) is 0 Å². The number of amides is 2. The number of phenols is 1. The predicted octanol–water partition coefficient (Wildman–Crippen LogP) is 4.24. The highest BCUT2D eigenvalue weighted by atomic mass is 35.5. The first-order valence-electron chi connectivity index (χ1n) is 8.77. The number of phenolic OH excluding ortho intramolecular Hbond substituents is 1. The fourth-order valence-electron chi connectivity index (χ4n) is 3.40. The molecule has 0 bridgehead atoms. The molecule has 1 fully saturated rings. The zero-order valence-corrected chi connectivity index (χ0v) is 16.8. The quantitative estimate of drug-likeness (QED) is 0.637. The summed E-state index contributed by atoms with van der Waals surface area (Å²) in [5.74, 6) is -0.509. The predicted molar refractivity (Wildman–Crippen MR) is 105 cm³/mol. The number of thiophene rings is 1. The number of halogens is 1. The van der Waals surface area contributed by atoms with E-state index in [0.29, 0.717) is 12.8 Å². The lowest BCUT2D eigenvalue weighted by Crippen LogP contribution is -2.33. The van der Waals surface area contributed by atoms with Crippen LogP contribution in [0, 0.1) is 0 Å². The van der Waals surface area contributed by atoms with Crippen molar-refractivity contribution in [2.45, 2.75) is 48.3 Å². The van der Waals surface area contributed by atoms with Crippen molar-refractivity contribution in [1.82, 2.24) is 5.32 Å². The summed E-state index contributed by atoms with van der Waals surface area (Å²) in [6.45, 7) is 0. The first kappa shape index (κ1) is 18.6. The summed E-state index contributed by atoms with van der Waals surface area (Å²) in [5, 5.41) is 17.4. The van der Waals surface area contributed by atoms with Gasteiger partial charge in [0.2, 0.25) is 0 Å². The molecule has 1 heterocycles. The number of benzene rings is 1. The Morgan fingerprint density at radius 3 is 2.74 bits per heavy atom. The summed E-state index contributed by atoms with van der Waals surface area (Å²) < 4.78 is 25.1. The summed E-state index contributed by atoms with van der Waals surface area (Å²) >= 11 is 7.64. The van der Waals surface area contributed by atoms with Crippen LogP contribution in [0.1, 0.15) is 42.2 Å². The van der Waals surface area contributed by atoms with Crippen molar-refractivity contribution in [3.05, 3.63) is 39.0 Å². The Bertz CT molecular complexity index is 999. The molecule has 27 heavy (non-hydrogen) atoms. The number of nitrogens with one attached hydrogen (secondary N) is 2. The Labute approximate surface area is 166 Å². The minimum absolute atomic E-state index is 0.0262. The van der Waals surface area contributed by atoms with Crippen LogP contribution in [-0.2, 0) is 16.3 Å². The van der Waals surface area contributed by atoms with Gasteiger partial charge in [-0.1, -0.05) is 11.6 Å². The molecule has 1 aromatic carbocycles. The molecule has 0 saturated heterocycles. The van der Waals surface area contributed by atoms with Gasteiger partial charge in [-0.25, -0.2) is 13.2 Å². The Morgan fingerprint density at radius 2 is 2.00 bits per heavy atom. The molecule has 2 aliphatic rings. The van der Waals surface area contributed by atoms with Gasteiger partial charge in [-0.3, -0.25) is 0 Å². The molecule has 2 aromatic rings. The van der Waals surface area contributed by atoms with Crippen molar-refractivity contribution in [1.29, 1.82) is 0 Å². The van der Waals surface area contributed by atoms with Crippen molar-refractivity contribution in [2.24, 2.45) is 0 Å². The van der Waals surface area contributed by atoms with Crippen LogP contribution in [0.2, 0.25) is 5.02 Å². The maximum absolute atomic E-state index is 12.5. The summed E-state index contributed by atoms with van der Waals surface area (Å²) in [6.07, 6.45) is 3.96. The zero-order chi connectivity index (χ0) is 19.2. The number of hydrogen-bond donors (Lipinski definition) is 3. The highest BCUT2D eigenvalue weighted by Gasteiger charge is 2.40. The summed E-state index contributed by atoms with van der Waals surface area (Å²) in [6, 6.07) is 4.28. The van der Waals surface area contributed by atoms with E-state index < -0.39 is 26.9 Å². The molecule has 3 N–H and O–H groups in total. The molecule has 4 rings (SSSR count). The van der Waals surface area contributed by atoms with Gasteiger partial charge in [0.25, 0.3) is 0 Å². The first-order chi connectivity index (χ1) is 12.9. The van der Waals surface area contributed by atoms with E-state index in [1.807, 2.05) is 5.38 Å². The second kappa shape index (κ2) is 7.00. The number of hydrogen-bond acceptors (Lipinski definition) is 5. The van der Waals surface area contributed by atoms with E-state index in [2.05, 4.69) is 16.7 Å². The monoisotopic (exact) mass is 426 g/mol. The summed E-state index contributed by atoms with van der Waals surface area (Å²) in [7, 11) is -3.70. The average molecular weight is 427 g/mol. The van der Waals surface area contributed by atoms with Crippen molar-refractivity contribution < 1.29 is 18.3 Å². The molecule has 144 valence electrons. The lowest BCUT2D eigenvalue weighted by Gasteiger charge is -2.23. The summed E-state index contributed by atoms with van der Waals surface area (Å²) in [4.78, 5) is 13.3. The van der Waals surface area contributed by atoms with Gasteiger partial charge in [-0.15, -0.1) is 11.3 Å². The van der Waals surface area contributed by atoms with E-state index in [1.165, 1.54) is 17.7 Å². The maximum Gasteiger partial charge on any atom is 0.319 e. The molecule has 0 aliphatic heterocycles. The smallest absolute Gasteiger partial charge is 0.319 e. The largest absolute Gasteiger partial charge is 0.504 e. The van der Waals surface area contributed by atoms with E-state index in [4.69, 9.17) is 11.6 Å². The Hall–Kier alpha value is -1.77. The number of sulfone groups is 1. The standard InChI is InChI=1S/C18H19ClN2O4S2/c19-12-6-7-13(15(22)17(12)27(24,25)11-4-5-11)20-18(23)21-14-3-1-2-10-8-9-26-16(10)14/h6-9,11,14,22H,1-5H2,(H2,20,21,23)/t14-/m0/s1. The number of carbonyl (C=O) groups excluding carboxylic acids is 1. The van der Waals surface area contributed by atoms with Crippen molar-refractivity contribution in [2.75, 3.05) is 5.32 Å². The van der Waals surface area contributed by atoms with Crippen LogP contribution >= 0.6 is 22.9 Å². The molecular formula is C18H19ClN2O4S2. The third-order valence-corrected chi connectivity index (χ3v) is 8.75. The normalized spacial score (nSPS) is 19.4. The number of anilines is 1. The minimum atomic E-state index is -3.70. The van der Waals surface area contributed by atoms with Crippen LogP contribution in [0.3, 0.4) is 0 Å². The van der Waals surface area contributed by atoms with Gasteiger partial charge in [0.1, 0.15) is 4.90 Å². The molecule has 2 amide bonds. The lowest BCUT2D eigenvalue weighted by atomic mass is 9.95. The Balaban J connectivity index is 1.54. The molecule has 9 heteroatoms. The van der Waals surface area contributed by atoms with E-state index in [0.717, 1.165) is 24.1 Å².